The van der Waals surface area contributed by atoms with Crippen molar-refractivity contribution < 1.29 is 9.13 Å². The van der Waals surface area contributed by atoms with E-state index in [9.17, 15) is 4.39 Å². The molecule has 0 aliphatic carbocycles. The van der Waals surface area contributed by atoms with Crippen molar-refractivity contribution in [2.45, 2.75) is 20.0 Å². The monoisotopic (exact) mass is 409 g/mol. The summed E-state index contributed by atoms with van der Waals surface area (Å²) < 4.78 is 18.9. The van der Waals surface area contributed by atoms with E-state index in [1.54, 1.807) is 12.1 Å². The lowest BCUT2D eigenvalue weighted by molar-refractivity contribution is 0.172. The minimum absolute atomic E-state index is 0.275. The van der Waals surface area contributed by atoms with Gasteiger partial charge in [0.15, 0.2) is 17.5 Å². The Morgan fingerprint density at radius 3 is 2.43 bits per heavy atom. The third kappa shape index (κ3) is 5.71. The lowest BCUT2D eigenvalue weighted by atomic mass is 10.1. The molecule has 1 heterocycles. The number of nitrogens with one attached hydrogen (secondary N) is 1. The molecule has 0 bridgehead atoms. The molecule has 2 aromatic carbocycles. The van der Waals surface area contributed by atoms with Crippen molar-refractivity contribution in [3.63, 3.8) is 0 Å². The van der Waals surface area contributed by atoms with E-state index in [4.69, 9.17) is 15.0 Å². The van der Waals surface area contributed by atoms with Gasteiger partial charge in [0, 0.05) is 39.3 Å². The van der Waals surface area contributed by atoms with Gasteiger partial charge in [0.05, 0.1) is 25.3 Å². The fourth-order valence-electron chi connectivity index (χ4n) is 3.46. The number of benzene rings is 2. The van der Waals surface area contributed by atoms with Crippen molar-refractivity contribution >= 4 is 5.96 Å². The maximum absolute atomic E-state index is 13.9. The van der Waals surface area contributed by atoms with Gasteiger partial charge in [-0.25, -0.2) is 9.38 Å². The van der Waals surface area contributed by atoms with Crippen LogP contribution in [0.5, 0.6) is 5.75 Å². The molecule has 1 fully saturated rings. The van der Waals surface area contributed by atoms with Gasteiger partial charge in [0.25, 0.3) is 0 Å². The van der Waals surface area contributed by atoms with Crippen LogP contribution >= 0.6 is 0 Å². The van der Waals surface area contributed by atoms with Gasteiger partial charge in [0.1, 0.15) is 0 Å². The van der Waals surface area contributed by atoms with Crippen molar-refractivity contribution in [3.8, 4) is 11.8 Å². The second-order valence-electron chi connectivity index (χ2n) is 7.21. The first-order chi connectivity index (χ1) is 14.6. The van der Waals surface area contributed by atoms with Crippen LogP contribution in [-0.4, -0.2) is 55.6 Å². The smallest absolute Gasteiger partial charge is 0.194 e. The van der Waals surface area contributed by atoms with Crippen LogP contribution in [0.2, 0.25) is 0 Å². The average Bonchev–Trinajstić information content (AvgIpc) is 2.78. The van der Waals surface area contributed by atoms with Gasteiger partial charge < -0.3 is 15.0 Å². The molecular weight excluding hydrogens is 381 g/mol. The summed E-state index contributed by atoms with van der Waals surface area (Å²) in [6.45, 7) is 7.63. The summed E-state index contributed by atoms with van der Waals surface area (Å²) >= 11 is 0. The Bertz CT molecular complexity index is 899. The van der Waals surface area contributed by atoms with Gasteiger partial charge in [-0.05, 0) is 42.3 Å². The number of hydrogen-bond donors (Lipinski definition) is 1. The Morgan fingerprint density at radius 1 is 1.13 bits per heavy atom. The van der Waals surface area contributed by atoms with E-state index in [1.807, 2.05) is 30.3 Å². The summed E-state index contributed by atoms with van der Waals surface area (Å²) in [5, 5.41) is 12.3. The summed E-state index contributed by atoms with van der Waals surface area (Å²) in [7, 11) is 1.47. The Balaban J connectivity index is 1.56. The molecule has 0 saturated carbocycles. The highest BCUT2D eigenvalue weighted by Crippen LogP contribution is 2.19. The topological polar surface area (TPSA) is 63.9 Å². The molecule has 158 valence electrons. The Labute approximate surface area is 177 Å². The van der Waals surface area contributed by atoms with Crippen LogP contribution in [0.1, 0.15) is 23.6 Å². The second-order valence-corrected chi connectivity index (χ2v) is 7.21. The Morgan fingerprint density at radius 2 is 1.83 bits per heavy atom. The zero-order chi connectivity index (χ0) is 21.3. The number of ether oxygens (including phenoxy) is 1. The summed E-state index contributed by atoms with van der Waals surface area (Å²) in [5.74, 6) is 0.854. The maximum atomic E-state index is 13.9. The summed E-state index contributed by atoms with van der Waals surface area (Å²) in [6.07, 6.45) is 0. The normalized spacial score (nSPS) is 15.0. The van der Waals surface area contributed by atoms with Crippen molar-refractivity contribution in [1.82, 2.24) is 15.1 Å². The number of halogens is 1. The zero-order valence-electron chi connectivity index (χ0n) is 17.6. The van der Waals surface area contributed by atoms with Gasteiger partial charge in [0.2, 0.25) is 0 Å². The van der Waals surface area contributed by atoms with Crippen LogP contribution in [0.25, 0.3) is 0 Å². The maximum Gasteiger partial charge on any atom is 0.194 e. The predicted octanol–water partition coefficient (Wildman–Crippen LogP) is 2.99. The third-order valence-electron chi connectivity index (χ3n) is 5.12. The number of nitriles is 1. The molecule has 1 saturated heterocycles. The first kappa shape index (κ1) is 21.6. The van der Waals surface area contributed by atoms with Crippen molar-refractivity contribution in [3.05, 3.63) is 65.0 Å². The molecule has 0 aromatic heterocycles. The van der Waals surface area contributed by atoms with E-state index in [0.717, 1.165) is 49.8 Å². The van der Waals surface area contributed by atoms with Crippen molar-refractivity contribution in [2.24, 2.45) is 4.99 Å². The molecule has 3 rings (SSSR count). The lowest BCUT2D eigenvalue weighted by Crippen LogP contribution is -2.52. The van der Waals surface area contributed by atoms with E-state index < -0.39 is 0 Å². The van der Waals surface area contributed by atoms with E-state index in [-0.39, 0.29) is 11.6 Å². The van der Waals surface area contributed by atoms with Crippen LogP contribution in [0.4, 0.5) is 4.39 Å². The summed E-state index contributed by atoms with van der Waals surface area (Å²) in [4.78, 5) is 9.35. The molecule has 1 aliphatic heterocycles. The lowest BCUT2D eigenvalue weighted by Gasteiger charge is -2.36. The van der Waals surface area contributed by atoms with Gasteiger partial charge in [-0.3, -0.25) is 4.90 Å². The Hall–Kier alpha value is -3.11. The molecule has 7 heteroatoms. The molecule has 0 radical (unpaired) electrons. The molecule has 30 heavy (non-hydrogen) atoms. The highest BCUT2D eigenvalue weighted by atomic mass is 19.1. The SMILES string of the molecule is CCNC(=NCc1ccc(C#N)cc1)N1CCN(Cc2ccc(OC)c(F)c2)CC1. The average molecular weight is 410 g/mol. The molecule has 1 aliphatic rings. The minimum atomic E-state index is -0.321. The first-order valence-corrected chi connectivity index (χ1v) is 10.2. The van der Waals surface area contributed by atoms with Crippen LogP contribution < -0.4 is 10.1 Å². The van der Waals surface area contributed by atoms with Gasteiger partial charge in [-0.2, -0.15) is 5.26 Å². The van der Waals surface area contributed by atoms with Gasteiger partial charge in [-0.15, -0.1) is 0 Å². The Kier molecular flexibility index (Phi) is 7.63. The predicted molar refractivity (Wildman–Crippen MR) is 116 cm³/mol. The van der Waals surface area contributed by atoms with Crippen LogP contribution in [-0.2, 0) is 13.1 Å². The van der Waals surface area contributed by atoms with Gasteiger partial charge in [-0.1, -0.05) is 18.2 Å². The number of rotatable bonds is 6. The molecule has 0 spiro atoms. The summed E-state index contributed by atoms with van der Waals surface area (Å²) in [6, 6.07) is 14.8. The number of piperazine rings is 1. The molecular formula is C23H28FN5O. The molecule has 0 unspecified atom stereocenters. The highest BCUT2D eigenvalue weighted by Gasteiger charge is 2.20. The standard InChI is InChI=1S/C23H28FN5O/c1-3-26-23(27-16-19-6-4-18(15-25)5-7-19)29-12-10-28(11-13-29)17-20-8-9-22(30-2)21(24)14-20/h4-9,14H,3,10-13,16-17H2,1-2H3,(H,26,27). The molecule has 1 N–H and O–H groups in total. The number of nitrogens with zero attached hydrogens (tertiary/aromatic N) is 4. The highest BCUT2D eigenvalue weighted by molar-refractivity contribution is 5.80. The number of aliphatic imine (C=N–C) groups is 1. The first-order valence-electron chi connectivity index (χ1n) is 10.2. The molecule has 0 atom stereocenters. The second kappa shape index (κ2) is 10.6. The zero-order valence-corrected chi connectivity index (χ0v) is 17.6. The quantitative estimate of drug-likeness (QED) is 0.587. The number of guanidine groups is 1. The number of methoxy groups -OCH3 is 1. The molecule has 6 nitrogen and oxygen atoms in total. The van der Waals surface area contributed by atoms with E-state index in [0.29, 0.717) is 18.7 Å². The van der Waals surface area contributed by atoms with E-state index in [2.05, 4.69) is 28.1 Å². The van der Waals surface area contributed by atoms with Crippen molar-refractivity contribution in [2.75, 3.05) is 39.8 Å². The van der Waals surface area contributed by atoms with Crippen LogP contribution in [0.3, 0.4) is 0 Å². The minimum Gasteiger partial charge on any atom is -0.494 e. The fourth-order valence-corrected chi connectivity index (χ4v) is 3.46. The van der Waals surface area contributed by atoms with Crippen LogP contribution in [0, 0.1) is 17.1 Å². The fraction of sp³-hybridized carbons (Fsp3) is 0.391. The summed E-state index contributed by atoms with van der Waals surface area (Å²) in [5.41, 5.74) is 2.68. The van der Waals surface area contributed by atoms with Crippen molar-refractivity contribution in [1.29, 1.82) is 5.26 Å². The van der Waals surface area contributed by atoms with Crippen LogP contribution in [0.15, 0.2) is 47.5 Å². The molecule has 2 aromatic rings. The van der Waals surface area contributed by atoms with E-state index in [1.165, 1.54) is 7.11 Å². The number of hydrogen-bond acceptors (Lipinski definition) is 4. The van der Waals surface area contributed by atoms with Gasteiger partial charge >= 0.3 is 0 Å². The third-order valence-corrected chi connectivity index (χ3v) is 5.12. The molecule has 0 amide bonds. The van der Waals surface area contributed by atoms with E-state index >= 15 is 0 Å². The largest absolute Gasteiger partial charge is 0.494 e.